The Morgan fingerprint density at radius 3 is 2.68 bits per heavy atom. The molecule has 0 unspecified atom stereocenters. The smallest absolute Gasteiger partial charge is 0.0376 e. The predicted octanol–water partition coefficient (Wildman–Crippen LogP) is 3.91. The van der Waals surface area contributed by atoms with Crippen molar-refractivity contribution >= 4 is 5.69 Å². The van der Waals surface area contributed by atoms with E-state index < -0.39 is 0 Å². The second-order valence-corrected chi connectivity index (χ2v) is 5.68. The molecule has 2 nitrogen and oxygen atoms in total. The molecule has 2 heteroatoms. The molecule has 1 aromatic carbocycles. The molecule has 0 saturated heterocycles. The average molecular weight is 260 g/mol. The SMILES string of the molecule is CCC(CC)CN(CC)Cc1ccc2c(c1)NCC2. The summed E-state index contributed by atoms with van der Waals surface area (Å²) in [5.41, 5.74) is 4.28. The van der Waals surface area contributed by atoms with Gasteiger partial charge in [0.05, 0.1) is 0 Å². The van der Waals surface area contributed by atoms with Crippen molar-refractivity contribution in [2.24, 2.45) is 5.92 Å². The van der Waals surface area contributed by atoms with E-state index in [0.29, 0.717) is 0 Å². The zero-order chi connectivity index (χ0) is 13.7. The number of anilines is 1. The molecule has 0 aliphatic carbocycles. The van der Waals surface area contributed by atoms with Crippen molar-refractivity contribution in [2.75, 3.05) is 25.0 Å². The van der Waals surface area contributed by atoms with Crippen LogP contribution in [-0.2, 0) is 13.0 Å². The molecule has 0 spiro atoms. The van der Waals surface area contributed by atoms with Gasteiger partial charge in [-0.1, -0.05) is 45.7 Å². The van der Waals surface area contributed by atoms with Crippen LogP contribution in [0.25, 0.3) is 0 Å². The summed E-state index contributed by atoms with van der Waals surface area (Å²) in [6.45, 7) is 11.4. The Labute approximate surface area is 118 Å². The second-order valence-electron chi connectivity index (χ2n) is 5.68. The molecule has 0 fully saturated rings. The fraction of sp³-hybridized carbons (Fsp3) is 0.647. The quantitative estimate of drug-likeness (QED) is 0.799. The van der Waals surface area contributed by atoms with Gasteiger partial charge >= 0.3 is 0 Å². The maximum atomic E-state index is 3.48. The predicted molar refractivity (Wildman–Crippen MR) is 83.7 cm³/mol. The monoisotopic (exact) mass is 260 g/mol. The van der Waals surface area contributed by atoms with Crippen molar-refractivity contribution in [1.82, 2.24) is 4.90 Å². The molecule has 0 radical (unpaired) electrons. The fourth-order valence-electron chi connectivity index (χ4n) is 2.91. The summed E-state index contributed by atoms with van der Waals surface area (Å²) >= 11 is 0. The molecule has 0 atom stereocenters. The van der Waals surface area contributed by atoms with Gasteiger partial charge in [-0.25, -0.2) is 0 Å². The van der Waals surface area contributed by atoms with Gasteiger partial charge in [-0.05, 0) is 36.1 Å². The zero-order valence-electron chi connectivity index (χ0n) is 12.7. The van der Waals surface area contributed by atoms with Gasteiger partial charge in [0.25, 0.3) is 0 Å². The Morgan fingerprint density at radius 2 is 2.00 bits per heavy atom. The number of benzene rings is 1. The number of hydrogen-bond donors (Lipinski definition) is 1. The molecule has 0 amide bonds. The van der Waals surface area contributed by atoms with Gasteiger partial charge in [-0.3, -0.25) is 4.90 Å². The minimum absolute atomic E-state index is 0.840. The van der Waals surface area contributed by atoms with Crippen molar-refractivity contribution in [3.8, 4) is 0 Å². The lowest BCUT2D eigenvalue weighted by Gasteiger charge is -2.25. The minimum atomic E-state index is 0.840. The van der Waals surface area contributed by atoms with E-state index in [2.05, 4.69) is 49.2 Å². The van der Waals surface area contributed by atoms with E-state index in [1.807, 2.05) is 0 Å². The van der Waals surface area contributed by atoms with Crippen molar-refractivity contribution in [1.29, 1.82) is 0 Å². The van der Waals surface area contributed by atoms with E-state index in [4.69, 9.17) is 0 Å². The highest BCUT2D eigenvalue weighted by molar-refractivity contribution is 5.56. The van der Waals surface area contributed by atoms with Crippen LogP contribution < -0.4 is 5.32 Å². The highest BCUT2D eigenvalue weighted by Crippen LogP contribution is 2.24. The summed E-state index contributed by atoms with van der Waals surface area (Å²) in [4.78, 5) is 2.58. The number of nitrogens with one attached hydrogen (secondary N) is 1. The largest absolute Gasteiger partial charge is 0.384 e. The van der Waals surface area contributed by atoms with E-state index in [1.54, 1.807) is 0 Å². The molecule has 0 aromatic heterocycles. The number of fused-ring (bicyclic) bond motifs is 1. The molecule has 2 rings (SSSR count). The number of nitrogens with zero attached hydrogens (tertiary/aromatic N) is 1. The lowest BCUT2D eigenvalue weighted by atomic mass is 10.0. The van der Waals surface area contributed by atoms with Crippen LogP contribution >= 0.6 is 0 Å². The van der Waals surface area contributed by atoms with Gasteiger partial charge in [0.2, 0.25) is 0 Å². The van der Waals surface area contributed by atoms with E-state index in [-0.39, 0.29) is 0 Å². The summed E-state index contributed by atoms with van der Waals surface area (Å²) in [6.07, 6.45) is 3.76. The van der Waals surface area contributed by atoms with Crippen LogP contribution in [0.3, 0.4) is 0 Å². The van der Waals surface area contributed by atoms with Crippen molar-refractivity contribution in [2.45, 2.75) is 46.6 Å². The maximum absolute atomic E-state index is 3.48. The normalized spacial score (nSPS) is 13.9. The van der Waals surface area contributed by atoms with E-state index >= 15 is 0 Å². The first kappa shape index (κ1) is 14.4. The van der Waals surface area contributed by atoms with Crippen LogP contribution in [0.5, 0.6) is 0 Å². The average Bonchev–Trinajstić information content (AvgIpc) is 2.90. The van der Waals surface area contributed by atoms with Crippen molar-refractivity contribution in [3.63, 3.8) is 0 Å². The first-order chi connectivity index (χ1) is 9.26. The molecule has 1 aromatic rings. The molecule has 0 saturated carbocycles. The third-order valence-corrected chi connectivity index (χ3v) is 4.41. The van der Waals surface area contributed by atoms with E-state index in [0.717, 1.165) is 25.6 Å². The van der Waals surface area contributed by atoms with Gasteiger partial charge in [0.1, 0.15) is 0 Å². The Balaban J connectivity index is 1.98. The Kier molecular flexibility index (Phi) is 5.26. The van der Waals surface area contributed by atoms with Crippen molar-refractivity contribution in [3.05, 3.63) is 29.3 Å². The molecular weight excluding hydrogens is 232 g/mol. The van der Waals surface area contributed by atoms with E-state index in [9.17, 15) is 0 Å². The molecule has 1 aliphatic rings. The lowest BCUT2D eigenvalue weighted by Crippen LogP contribution is -2.28. The highest BCUT2D eigenvalue weighted by Gasteiger charge is 2.13. The van der Waals surface area contributed by atoms with Crippen LogP contribution in [0.4, 0.5) is 5.69 Å². The van der Waals surface area contributed by atoms with Gasteiger partial charge in [0, 0.05) is 25.3 Å². The Bertz CT molecular complexity index is 396. The highest BCUT2D eigenvalue weighted by atomic mass is 15.1. The van der Waals surface area contributed by atoms with E-state index in [1.165, 1.54) is 42.6 Å². The molecule has 19 heavy (non-hydrogen) atoms. The van der Waals surface area contributed by atoms with Gasteiger partial charge in [0.15, 0.2) is 0 Å². The van der Waals surface area contributed by atoms with Gasteiger partial charge in [-0.2, -0.15) is 0 Å². The van der Waals surface area contributed by atoms with Gasteiger partial charge < -0.3 is 5.32 Å². The van der Waals surface area contributed by atoms with Crippen molar-refractivity contribution < 1.29 is 0 Å². The Hall–Kier alpha value is -1.02. The third-order valence-electron chi connectivity index (χ3n) is 4.41. The topological polar surface area (TPSA) is 15.3 Å². The molecule has 1 N–H and O–H groups in total. The summed E-state index contributed by atoms with van der Waals surface area (Å²) in [5.74, 6) is 0.840. The molecule has 0 bridgehead atoms. The number of hydrogen-bond acceptors (Lipinski definition) is 2. The summed E-state index contributed by atoms with van der Waals surface area (Å²) < 4.78 is 0. The van der Waals surface area contributed by atoms with Crippen LogP contribution in [0, 0.1) is 5.92 Å². The van der Waals surface area contributed by atoms with Crippen LogP contribution in [0.1, 0.15) is 44.7 Å². The second kappa shape index (κ2) is 6.95. The number of rotatable bonds is 7. The maximum Gasteiger partial charge on any atom is 0.0376 e. The fourth-order valence-corrected chi connectivity index (χ4v) is 2.91. The van der Waals surface area contributed by atoms with Crippen LogP contribution in [-0.4, -0.2) is 24.5 Å². The lowest BCUT2D eigenvalue weighted by molar-refractivity contribution is 0.226. The zero-order valence-corrected chi connectivity index (χ0v) is 12.7. The summed E-state index contributed by atoms with van der Waals surface area (Å²) in [6, 6.07) is 6.95. The summed E-state index contributed by atoms with van der Waals surface area (Å²) in [5, 5.41) is 3.48. The summed E-state index contributed by atoms with van der Waals surface area (Å²) in [7, 11) is 0. The molecule has 1 aliphatic heterocycles. The van der Waals surface area contributed by atoms with Crippen LogP contribution in [0.2, 0.25) is 0 Å². The molecule has 1 heterocycles. The minimum Gasteiger partial charge on any atom is -0.384 e. The van der Waals surface area contributed by atoms with Gasteiger partial charge in [-0.15, -0.1) is 0 Å². The standard InChI is InChI=1S/C17H28N2/c1-4-14(5-2)12-19(6-3)13-15-7-8-16-9-10-18-17(16)11-15/h7-8,11,14,18H,4-6,9-10,12-13H2,1-3H3. The molecule has 106 valence electrons. The third kappa shape index (κ3) is 3.73. The Morgan fingerprint density at radius 1 is 1.21 bits per heavy atom. The molecular formula is C17H28N2. The first-order valence-corrected chi connectivity index (χ1v) is 7.84. The van der Waals surface area contributed by atoms with Crippen LogP contribution in [0.15, 0.2) is 18.2 Å². The first-order valence-electron chi connectivity index (χ1n) is 7.84.